The van der Waals surface area contributed by atoms with Gasteiger partial charge in [0.05, 0.1) is 23.4 Å². The number of hydrogen-bond donors (Lipinski definition) is 3. The van der Waals surface area contributed by atoms with E-state index in [1.165, 1.54) is 9.80 Å². The summed E-state index contributed by atoms with van der Waals surface area (Å²) in [4.78, 5) is 71.3. The SMILES string of the molecule is CC(C)(C)OC(=O)N[C@H]1CCCCCCC[C@@H]2C[C@@]2(C(=O)NS(=O)(=O)C2CC2)NC(=O)[C@@H]2C[C@@H](OC(=O)N3Cc4ccc(C#N)cc4C3)CN2C1=O. The summed E-state index contributed by atoms with van der Waals surface area (Å²) in [5, 5.41) is 14.2. The summed E-state index contributed by atoms with van der Waals surface area (Å²) in [6, 6.07) is 5.07. The zero-order chi connectivity index (χ0) is 37.4. The molecule has 52 heavy (non-hydrogen) atoms. The molecule has 0 bridgehead atoms. The van der Waals surface area contributed by atoms with Crippen molar-refractivity contribution in [2.45, 2.75) is 139 Å². The number of rotatable bonds is 5. The van der Waals surface area contributed by atoms with Gasteiger partial charge in [0.25, 0.3) is 5.91 Å². The number of nitriles is 1. The topological polar surface area (TPSA) is 204 Å². The monoisotopic (exact) mass is 740 g/mol. The van der Waals surface area contributed by atoms with Gasteiger partial charge in [0.2, 0.25) is 21.8 Å². The van der Waals surface area contributed by atoms with E-state index in [1.807, 2.05) is 0 Å². The average molecular weight is 741 g/mol. The Bertz CT molecular complexity index is 1770. The van der Waals surface area contributed by atoms with E-state index in [1.54, 1.807) is 39.0 Å². The molecule has 5 amide bonds. The zero-order valence-corrected chi connectivity index (χ0v) is 30.8. The Morgan fingerprint density at radius 2 is 1.69 bits per heavy atom. The third kappa shape index (κ3) is 8.46. The number of nitrogens with zero attached hydrogens (tertiary/aromatic N) is 3. The molecule has 3 N–H and O–H groups in total. The standard InChI is InChI=1S/C36H48N6O9S/c1-35(2,3)51-33(46)38-28-10-8-6-4-5-7-9-25-17-36(25,32(45)40-52(48,49)27-13-14-27)39-30(43)29-16-26(21-42(29)31(28)44)50-34(47)41-19-23-12-11-22(18-37)15-24(23)20-41/h11-12,15,25-29H,4-10,13-14,16-17,19-21H2,1-3H3,(H,38,46)(H,39,43)(H,40,45)/t25-,26-,28+,29+,36-/m1/s1. The normalized spacial score (nSPS) is 28.1. The Kier molecular flexibility index (Phi) is 10.5. The summed E-state index contributed by atoms with van der Waals surface area (Å²) in [7, 11) is -3.89. The van der Waals surface area contributed by atoms with Crippen LogP contribution in [0.2, 0.25) is 0 Å². The van der Waals surface area contributed by atoms with E-state index in [4.69, 9.17) is 9.47 Å². The number of alkyl carbamates (subject to hydrolysis) is 1. The Morgan fingerprint density at radius 1 is 1.00 bits per heavy atom. The lowest BCUT2D eigenvalue weighted by atomic mass is 10.0. The maximum atomic E-state index is 14.3. The summed E-state index contributed by atoms with van der Waals surface area (Å²) >= 11 is 0. The maximum Gasteiger partial charge on any atom is 0.410 e. The van der Waals surface area contributed by atoms with Crippen molar-refractivity contribution in [1.82, 2.24) is 25.2 Å². The van der Waals surface area contributed by atoms with Crippen molar-refractivity contribution in [3.05, 3.63) is 34.9 Å². The zero-order valence-electron chi connectivity index (χ0n) is 29.9. The van der Waals surface area contributed by atoms with Crippen LogP contribution in [0.4, 0.5) is 9.59 Å². The molecule has 2 saturated heterocycles. The van der Waals surface area contributed by atoms with Crippen molar-refractivity contribution in [3.8, 4) is 6.07 Å². The first-order chi connectivity index (χ1) is 24.6. The molecule has 5 atom stereocenters. The first-order valence-corrected chi connectivity index (χ1v) is 19.8. The summed E-state index contributed by atoms with van der Waals surface area (Å²) in [5.41, 5.74) is -0.0988. The molecule has 0 unspecified atom stereocenters. The van der Waals surface area contributed by atoms with E-state index >= 15 is 0 Å². The van der Waals surface area contributed by atoms with Gasteiger partial charge in [0, 0.05) is 19.5 Å². The molecular weight excluding hydrogens is 692 g/mol. The predicted molar refractivity (Wildman–Crippen MR) is 185 cm³/mol. The van der Waals surface area contributed by atoms with Crippen molar-refractivity contribution in [3.63, 3.8) is 0 Å². The van der Waals surface area contributed by atoms with Crippen LogP contribution in [0, 0.1) is 17.2 Å². The van der Waals surface area contributed by atoms with Crippen LogP contribution in [0.3, 0.4) is 0 Å². The predicted octanol–water partition coefficient (Wildman–Crippen LogP) is 3.10. The number of sulfonamides is 1. The van der Waals surface area contributed by atoms with Crippen LogP contribution in [0.25, 0.3) is 0 Å². The van der Waals surface area contributed by atoms with Crippen LogP contribution < -0.4 is 15.4 Å². The second kappa shape index (κ2) is 14.6. The fourth-order valence-corrected chi connectivity index (χ4v) is 8.88. The number of nitrogens with one attached hydrogen (secondary N) is 3. The van der Waals surface area contributed by atoms with Crippen LogP contribution in [0.5, 0.6) is 0 Å². The Hall–Kier alpha value is -4.39. The molecule has 0 radical (unpaired) electrons. The molecule has 15 nitrogen and oxygen atoms in total. The van der Waals surface area contributed by atoms with Crippen LogP contribution in [0.1, 0.15) is 108 Å². The number of benzene rings is 1. The van der Waals surface area contributed by atoms with Gasteiger partial charge in [-0.15, -0.1) is 0 Å². The molecule has 2 saturated carbocycles. The quantitative estimate of drug-likeness (QED) is 0.403. The lowest BCUT2D eigenvalue weighted by molar-refractivity contribution is -0.141. The summed E-state index contributed by atoms with van der Waals surface area (Å²) in [6.07, 6.45) is 3.56. The molecule has 2 aliphatic carbocycles. The molecule has 3 heterocycles. The third-order valence-electron chi connectivity index (χ3n) is 10.5. The molecule has 3 aliphatic heterocycles. The van der Waals surface area contributed by atoms with Gasteiger partial charge < -0.3 is 25.0 Å². The van der Waals surface area contributed by atoms with Gasteiger partial charge >= 0.3 is 12.2 Å². The smallest absolute Gasteiger partial charge is 0.410 e. The van der Waals surface area contributed by atoms with E-state index in [2.05, 4.69) is 21.4 Å². The minimum Gasteiger partial charge on any atom is -0.444 e. The van der Waals surface area contributed by atoms with E-state index in [-0.39, 0.29) is 44.8 Å². The summed E-state index contributed by atoms with van der Waals surface area (Å²) in [6.45, 7) is 5.47. The molecule has 16 heteroatoms. The lowest BCUT2D eigenvalue weighted by Crippen LogP contribution is -2.58. The number of carbonyl (C=O) groups excluding carboxylic acids is 5. The van der Waals surface area contributed by atoms with Crippen LogP contribution in [-0.4, -0.2) is 89.2 Å². The fraction of sp³-hybridized carbons (Fsp3) is 0.667. The number of carbonyl (C=O) groups is 5. The molecule has 5 aliphatic rings. The Balaban J connectivity index is 1.24. The maximum absolute atomic E-state index is 14.3. The molecule has 0 spiro atoms. The molecular formula is C36H48N6O9S. The van der Waals surface area contributed by atoms with Gasteiger partial charge in [-0.05, 0) is 82.1 Å². The van der Waals surface area contributed by atoms with Gasteiger partial charge in [-0.1, -0.05) is 38.2 Å². The average Bonchev–Trinajstić information content (AvgIpc) is 3.96. The highest BCUT2D eigenvalue weighted by Gasteiger charge is 2.62. The van der Waals surface area contributed by atoms with Crippen LogP contribution in [-0.2, 0) is 47.0 Å². The Morgan fingerprint density at radius 3 is 2.38 bits per heavy atom. The number of ether oxygens (including phenoxy) is 2. The molecule has 4 fully saturated rings. The van der Waals surface area contributed by atoms with E-state index < -0.39 is 74.5 Å². The van der Waals surface area contributed by atoms with Gasteiger partial charge in [-0.25, -0.2) is 18.0 Å². The van der Waals surface area contributed by atoms with Gasteiger partial charge in [-0.3, -0.25) is 24.0 Å². The highest BCUT2D eigenvalue weighted by molar-refractivity contribution is 7.91. The molecule has 1 aromatic rings. The highest BCUT2D eigenvalue weighted by Crippen LogP contribution is 2.48. The number of amides is 5. The van der Waals surface area contributed by atoms with Crippen LogP contribution >= 0.6 is 0 Å². The van der Waals surface area contributed by atoms with E-state index in [0.717, 1.165) is 36.8 Å². The minimum absolute atomic E-state index is 0.0788. The van der Waals surface area contributed by atoms with E-state index in [9.17, 15) is 37.7 Å². The number of hydrogen-bond acceptors (Lipinski definition) is 10. The Labute approximate surface area is 304 Å². The van der Waals surface area contributed by atoms with Crippen molar-refractivity contribution in [1.29, 1.82) is 5.26 Å². The first-order valence-electron chi connectivity index (χ1n) is 18.2. The minimum atomic E-state index is -3.89. The van der Waals surface area contributed by atoms with Gasteiger partial charge in [-0.2, -0.15) is 5.26 Å². The van der Waals surface area contributed by atoms with E-state index in [0.29, 0.717) is 31.2 Å². The second-order valence-electron chi connectivity index (χ2n) is 15.8. The number of fused-ring (bicyclic) bond motifs is 3. The lowest BCUT2D eigenvalue weighted by Gasteiger charge is -2.30. The van der Waals surface area contributed by atoms with Gasteiger partial charge in [0.15, 0.2) is 0 Å². The third-order valence-corrected chi connectivity index (χ3v) is 12.3. The first kappa shape index (κ1) is 37.4. The highest BCUT2D eigenvalue weighted by atomic mass is 32.2. The van der Waals surface area contributed by atoms with Crippen molar-refractivity contribution in [2.75, 3.05) is 6.54 Å². The fourth-order valence-electron chi connectivity index (χ4n) is 7.51. The molecule has 1 aromatic carbocycles. The molecule has 6 rings (SSSR count). The van der Waals surface area contributed by atoms with Crippen molar-refractivity contribution < 1.29 is 41.9 Å². The van der Waals surface area contributed by atoms with Crippen molar-refractivity contribution >= 4 is 39.9 Å². The second-order valence-corrected chi connectivity index (χ2v) is 17.7. The largest absolute Gasteiger partial charge is 0.444 e. The molecule has 282 valence electrons. The summed E-state index contributed by atoms with van der Waals surface area (Å²) in [5.74, 6) is -2.29. The summed E-state index contributed by atoms with van der Waals surface area (Å²) < 4.78 is 39.1. The molecule has 0 aromatic heterocycles. The van der Waals surface area contributed by atoms with Crippen LogP contribution in [0.15, 0.2) is 18.2 Å². The van der Waals surface area contributed by atoms with Gasteiger partial charge in [0.1, 0.15) is 29.3 Å². The van der Waals surface area contributed by atoms with Crippen molar-refractivity contribution in [2.24, 2.45) is 5.92 Å².